The van der Waals surface area contributed by atoms with Gasteiger partial charge in [0.15, 0.2) is 0 Å². The number of rotatable bonds is 2. The van der Waals surface area contributed by atoms with E-state index in [1.807, 2.05) is 5.38 Å². The molecule has 2 rings (SSSR count). The highest BCUT2D eigenvalue weighted by Crippen LogP contribution is 2.25. The first kappa shape index (κ1) is 9.75. The van der Waals surface area contributed by atoms with Crippen molar-refractivity contribution in [3.8, 4) is 0 Å². The molecule has 0 aromatic carbocycles. The third kappa shape index (κ3) is 1.70. The van der Waals surface area contributed by atoms with Crippen LogP contribution in [0, 0.1) is 0 Å². The fraction of sp³-hybridized carbons (Fsp3) is 0.286. The Morgan fingerprint density at radius 2 is 2.43 bits per heavy atom. The highest BCUT2D eigenvalue weighted by molar-refractivity contribution is 9.10. The molecule has 2 aromatic rings. The molecule has 0 radical (unpaired) electrons. The topological polar surface area (TPSA) is 63.8 Å². The van der Waals surface area contributed by atoms with E-state index in [2.05, 4.69) is 31.2 Å². The van der Waals surface area contributed by atoms with E-state index in [9.17, 15) is 5.11 Å². The second kappa shape index (κ2) is 3.76. The van der Waals surface area contributed by atoms with Gasteiger partial charge in [-0.2, -0.15) is 0 Å². The van der Waals surface area contributed by atoms with Gasteiger partial charge in [0.05, 0.1) is 11.9 Å². The summed E-state index contributed by atoms with van der Waals surface area (Å²) in [5.41, 5.74) is 0.631. The number of hydrogen-bond acceptors (Lipinski definition) is 5. The number of aliphatic hydroxyl groups excluding tert-OH is 1. The maximum absolute atomic E-state index is 9.90. The summed E-state index contributed by atoms with van der Waals surface area (Å²) in [6.07, 6.45) is 0.770. The van der Waals surface area contributed by atoms with E-state index in [0.29, 0.717) is 10.7 Å². The van der Waals surface area contributed by atoms with E-state index in [1.165, 1.54) is 22.2 Å². The molecule has 0 saturated carbocycles. The zero-order valence-electron chi connectivity index (χ0n) is 7.25. The lowest BCUT2D eigenvalue weighted by atomic mass is 10.3. The summed E-state index contributed by atoms with van der Waals surface area (Å²) in [7, 11) is 1.73. The molecule has 1 unspecified atom stereocenters. The molecule has 0 aliphatic rings. The Labute approximate surface area is 92.5 Å². The smallest absolute Gasteiger partial charge is 0.149 e. The predicted octanol–water partition coefficient (Wildman–Crippen LogP) is 1.12. The van der Waals surface area contributed by atoms with Gasteiger partial charge in [0.1, 0.15) is 15.7 Å². The van der Waals surface area contributed by atoms with E-state index < -0.39 is 6.10 Å². The van der Waals surface area contributed by atoms with E-state index >= 15 is 0 Å². The monoisotopic (exact) mass is 274 g/mol. The fourth-order valence-corrected chi connectivity index (χ4v) is 2.32. The van der Waals surface area contributed by atoms with Gasteiger partial charge in [0.25, 0.3) is 0 Å². The van der Waals surface area contributed by atoms with Gasteiger partial charge in [-0.05, 0) is 15.9 Å². The SMILES string of the molecule is Cn1nncc1C(O)c1nc(Br)cs1. The Kier molecular flexibility index (Phi) is 2.62. The molecule has 0 aliphatic heterocycles. The normalized spacial score (nSPS) is 13.1. The number of aryl methyl sites for hydroxylation is 1. The molecule has 7 heteroatoms. The van der Waals surface area contributed by atoms with Crippen LogP contribution >= 0.6 is 27.3 Å². The number of aliphatic hydroxyl groups is 1. The van der Waals surface area contributed by atoms with Crippen molar-refractivity contribution in [2.24, 2.45) is 7.05 Å². The zero-order valence-corrected chi connectivity index (χ0v) is 9.66. The molecule has 5 nitrogen and oxygen atoms in total. The molecule has 0 spiro atoms. The van der Waals surface area contributed by atoms with Crippen molar-refractivity contribution < 1.29 is 5.11 Å². The summed E-state index contributed by atoms with van der Waals surface area (Å²) in [6, 6.07) is 0. The first-order valence-corrected chi connectivity index (χ1v) is 5.49. The van der Waals surface area contributed by atoms with E-state index in [1.54, 1.807) is 7.05 Å². The Hall–Kier alpha value is -0.790. The van der Waals surface area contributed by atoms with Gasteiger partial charge in [-0.3, -0.25) is 0 Å². The third-order valence-electron chi connectivity index (χ3n) is 1.76. The summed E-state index contributed by atoms with van der Waals surface area (Å²) < 4.78 is 2.26. The molecule has 74 valence electrons. The molecule has 14 heavy (non-hydrogen) atoms. The fourth-order valence-electron chi connectivity index (χ4n) is 1.06. The van der Waals surface area contributed by atoms with Crippen LogP contribution in [-0.2, 0) is 7.05 Å². The molecular weight excluding hydrogens is 268 g/mol. The Bertz CT molecular complexity index is 440. The highest BCUT2D eigenvalue weighted by atomic mass is 79.9. The molecular formula is C7H7BrN4OS. The van der Waals surface area contributed by atoms with Crippen molar-refractivity contribution >= 4 is 27.3 Å². The maximum Gasteiger partial charge on any atom is 0.149 e. The molecule has 2 aromatic heterocycles. The molecule has 0 fully saturated rings. The van der Waals surface area contributed by atoms with Crippen LogP contribution in [0.4, 0.5) is 0 Å². The summed E-state index contributed by atoms with van der Waals surface area (Å²) in [6.45, 7) is 0. The van der Waals surface area contributed by atoms with Gasteiger partial charge in [-0.1, -0.05) is 5.21 Å². The summed E-state index contributed by atoms with van der Waals surface area (Å²) in [4.78, 5) is 4.12. The van der Waals surface area contributed by atoms with Gasteiger partial charge in [0.2, 0.25) is 0 Å². The van der Waals surface area contributed by atoms with Gasteiger partial charge in [-0.25, -0.2) is 9.67 Å². The molecule has 1 N–H and O–H groups in total. The number of hydrogen-bond donors (Lipinski definition) is 1. The van der Waals surface area contributed by atoms with Gasteiger partial charge in [-0.15, -0.1) is 16.4 Å². The molecule has 0 saturated heterocycles. The lowest BCUT2D eigenvalue weighted by molar-refractivity contribution is 0.209. The summed E-state index contributed by atoms with van der Waals surface area (Å²) in [5.74, 6) is 0. The minimum absolute atomic E-state index is 0.627. The average molecular weight is 275 g/mol. The van der Waals surface area contributed by atoms with E-state index in [0.717, 1.165) is 4.60 Å². The molecule has 1 atom stereocenters. The van der Waals surface area contributed by atoms with Crippen molar-refractivity contribution in [3.63, 3.8) is 0 Å². The first-order chi connectivity index (χ1) is 6.68. The quantitative estimate of drug-likeness (QED) is 0.892. The number of thiazole rings is 1. The Morgan fingerprint density at radius 1 is 1.64 bits per heavy atom. The standard InChI is InChI=1S/C7H7BrN4OS/c1-12-4(2-9-11-12)6(13)7-10-5(8)3-14-7/h2-3,6,13H,1H3. The van der Waals surface area contributed by atoms with E-state index in [-0.39, 0.29) is 0 Å². The third-order valence-corrected chi connectivity index (χ3v) is 3.36. The molecule has 0 aliphatic carbocycles. The Morgan fingerprint density at radius 3 is 2.93 bits per heavy atom. The van der Waals surface area contributed by atoms with Crippen LogP contribution in [0.15, 0.2) is 16.2 Å². The van der Waals surface area contributed by atoms with Gasteiger partial charge >= 0.3 is 0 Å². The number of nitrogens with zero attached hydrogens (tertiary/aromatic N) is 4. The molecule has 0 amide bonds. The minimum Gasteiger partial charge on any atom is -0.379 e. The number of halogens is 1. The van der Waals surface area contributed by atoms with Crippen molar-refractivity contribution in [1.29, 1.82) is 0 Å². The van der Waals surface area contributed by atoms with Crippen LogP contribution in [0.1, 0.15) is 16.8 Å². The second-order valence-corrected chi connectivity index (χ2v) is 4.40. The second-order valence-electron chi connectivity index (χ2n) is 2.69. The van der Waals surface area contributed by atoms with Crippen molar-refractivity contribution in [2.75, 3.05) is 0 Å². The largest absolute Gasteiger partial charge is 0.379 e. The highest BCUT2D eigenvalue weighted by Gasteiger charge is 2.17. The number of aromatic nitrogens is 4. The lowest BCUT2D eigenvalue weighted by Gasteiger charge is -2.05. The molecule has 0 bridgehead atoms. The summed E-state index contributed by atoms with van der Waals surface area (Å²) in [5, 5.41) is 19.8. The maximum atomic E-state index is 9.90. The van der Waals surface area contributed by atoms with E-state index in [4.69, 9.17) is 0 Å². The van der Waals surface area contributed by atoms with Crippen molar-refractivity contribution in [3.05, 3.63) is 26.9 Å². The van der Waals surface area contributed by atoms with Crippen LogP contribution in [0.3, 0.4) is 0 Å². The van der Waals surface area contributed by atoms with Gasteiger partial charge in [0, 0.05) is 12.4 Å². The van der Waals surface area contributed by atoms with Gasteiger partial charge < -0.3 is 5.11 Å². The summed E-state index contributed by atoms with van der Waals surface area (Å²) >= 11 is 4.62. The predicted molar refractivity (Wildman–Crippen MR) is 54.9 cm³/mol. The zero-order chi connectivity index (χ0) is 10.1. The first-order valence-electron chi connectivity index (χ1n) is 3.82. The van der Waals surface area contributed by atoms with Crippen molar-refractivity contribution in [2.45, 2.75) is 6.10 Å². The van der Waals surface area contributed by atoms with Crippen LogP contribution < -0.4 is 0 Å². The van der Waals surface area contributed by atoms with Crippen LogP contribution in [0.25, 0.3) is 0 Å². The lowest BCUT2D eigenvalue weighted by Crippen LogP contribution is -2.06. The minimum atomic E-state index is -0.758. The molecule has 2 heterocycles. The van der Waals surface area contributed by atoms with Crippen molar-refractivity contribution in [1.82, 2.24) is 20.0 Å². The average Bonchev–Trinajstić information content (AvgIpc) is 2.73. The van der Waals surface area contributed by atoms with Crippen LogP contribution in [0.2, 0.25) is 0 Å². The Balaban J connectivity index is 2.33. The van der Waals surface area contributed by atoms with Crippen LogP contribution in [0.5, 0.6) is 0 Å². The van der Waals surface area contributed by atoms with Crippen LogP contribution in [-0.4, -0.2) is 25.1 Å².